The Balaban J connectivity index is 2.79. The third-order valence-corrected chi connectivity index (χ3v) is 2.67. The summed E-state index contributed by atoms with van der Waals surface area (Å²) in [6.07, 6.45) is 1.72. The molecule has 80 valence electrons. The van der Waals surface area contributed by atoms with Gasteiger partial charge in [0.25, 0.3) is 0 Å². The zero-order chi connectivity index (χ0) is 10.7. The van der Waals surface area contributed by atoms with Crippen LogP contribution in [0.1, 0.15) is 39.5 Å². The maximum atomic E-state index is 11.6. The SMILES string of the molecule is CC(O)C(C)N1C(=O)CCCCC1=O. The van der Waals surface area contributed by atoms with E-state index in [4.69, 9.17) is 0 Å². The van der Waals surface area contributed by atoms with Crippen molar-refractivity contribution in [2.24, 2.45) is 0 Å². The molecule has 0 radical (unpaired) electrons. The zero-order valence-corrected chi connectivity index (χ0v) is 8.69. The average molecular weight is 199 g/mol. The van der Waals surface area contributed by atoms with Crippen LogP contribution in [0.3, 0.4) is 0 Å². The van der Waals surface area contributed by atoms with Crippen LogP contribution in [0.5, 0.6) is 0 Å². The molecule has 1 N–H and O–H groups in total. The predicted octanol–water partition coefficient (Wildman–Crippen LogP) is 0.685. The fraction of sp³-hybridized carbons (Fsp3) is 0.800. The van der Waals surface area contributed by atoms with E-state index in [1.54, 1.807) is 13.8 Å². The molecule has 1 fully saturated rings. The minimum Gasteiger partial charge on any atom is -0.391 e. The Bertz CT molecular complexity index is 220. The van der Waals surface area contributed by atoms with Crippen molar-refractivity contribution in [2.45, 2.75) is 51.7 Å². The molecule has 14 heavy (non-hydrogen) atoms. The molecule has 1 saturated heterocycles. The minimum absolute atomic E-state index is 0.152. The van der Waals surface area contributed by atoms with E-state index in [9.17, 15) is 14.7 Å². The Morgan fingerprint density at radius 1 is 1.14 bits per heavy atom. The molecule has 1 aliphatic heterocycles. The summed E-state index contributed by atoms with van der Waals surface area (Å²) in [4.78, 5) is 24.3. The van der Waals surface area contributed by atoms with Crippen LogP contribution in [0.15, 0.2) is 0 Å². The number of nitrogens with zero attached hydrogens (tertiary/aromatic N) is 1. The lowest BCUT2D eigenvalue weighted by molar-refractivity contribution is -0.148. The number of carbonyl (C=O) groups is 2. The van der Waals surface area contributed by atoms with Crippen LogP contribution in [0.4, 0.5) is 0 Å². The van der Waals surface area contributed by atoms with Crippen molar-refractivity contribution in [1.29, 1.82) is 0 Å². The van der Waals surface area contributed by atoms with Gasteiger partial charge in [0.2, 0.25) is 11.8 Å². The monoisotopic (exact) mass is 199 g/mol. The highest BCUT2D eigenvalue weighted by Gasteiger charge is 2.30. The summed E-state index contributed by atoms with van der Waals surface area (Å²) in [6, 6.07) is -0.409. The van der Waals surface area contributed by atoms with Crippen molar-refractivity contribution in [3.8, 4) is 0 Å². The summed E-state index contributed by atoms with van der Waals surface area (Å²) in [5.74, 6) is -0.304. The van der Waals surface area contributed by atoms with E-state index < -0.39 is 12.1 Å². The number of amides is 2. The highest BCUT2D eigenvalue weighted by atomic mass is 16.3. The predicted molar refractivity (Wildman–Crippen MR) is 51.5 cm³/mol. The van der Waals surface area contributed by atoms with E-state index in [2.05, 4.69) is 0 Å². The fourth-order valence-electron chi connectivity index (χ4n) is 1.60. The summed E-state index contributed by atoms with van der Waals surface area (Å²) in [7, 11) is 0. The Kier molecular flexibility index (Phi) is 3.63. The van der Waals surface area contributed by atoms with Crippen LogP contribution in [0, 0.1) is 0 Å². The second kappa shape index (κ2) is 4.55. The van der Waals surface area contributed by atoms with E-state index in [-0.39, 0.29) is 11.8 Å². The number of carbonyl (C=O) groups excluding carboxylic acids is 2. The summed E-state index contributed by atoms with van der Waals surface area (Å²) < 4.78 is 0. The molecule has 2 unspecified atom stereocenters. The van der Waals surface area contributed by atoms with Gasteiger partial charge in [-0.05, 0) is 26.7 Å². The summed E-state index contributed by atoms with van der Waals surface area (Å²) in [5, 5.41) is 9.35. The molecule has 0 aliphatic carbocycles. The van der Waals surface area contributed by atoms with E-state index in [1.165, 1.54) is 4.90 Å². The van der Waals surface area contributed by atoms with Gasteiger partial charge in [0.1, 0.15) is 0 Å². The molecule has 0 spiro atoms. The van der Waals surface area contributed by atoms with Crippen molar-refractivity contribution >= 4 is 11.8 Å². The Hall–Kier alpha value is -0.900. The minimum atomic E-state index is -0.666. The Morgan fingerprint density at radius 3 is 1.93 bits per heavy atom. The largest absolute Gasteiger partial charge is 0.391 e. The highest BCUT2D eigenvalue weighted by Crippen LogP contribution is 2.16. The first-order valence-corrected chi connectivity index (χ1v) is 5.07. The Labute approximate surface area is 83.9 Å². The molecule has 0 aromatic rings. The van der Waals surface area contributed by atoms with Crippen LogP contribution < -0.4 is 0 Å². The van der Waals surface area contributed by atoms with Crippen molar-refractivity contribution in [2.75, 3.05) is 0 Å². The van der Waals surface area contributed by atoms with Gasteiger partial charge in [0.15, 0.2) is 0 Å². The van der Waals surface area contributed by atoms with Crippen molar-refractivity contribution < 1.29 is 14.7 Å². The van der Waals surface area contributed by atoms with Crippen LogP contribution in [-0.2, 0) is 9.59 Å². The van der Waals surface area contributed by atoms with Gasteiger partial charge in [-0.25, -0.2) is 0 Å². The molecule has 1 rings (SSSR count). The quantitative estimate of drug-likeness (QED) is 0.665. The highest BCUT2D eigenvalue weighted by molar-refractivity contribution is 5.96. The van der Waals surface area contributed by atoms with Crippen LogP contribution in [0.25, 0.3) is 0 Å². The second-order valence-corrected chi connectivity index (χ2v) is 3.85. The van der Waals surface area contributed by atoms with Gasteiger partial charge in [0.05, 0.1) is 12.1 Å². The summed E-state index contributed by atoms with van der Waals surface area (Å²) in [6.45, 7) is 3.29. The standard InChI is InChI=1S/C10H17NO3/c1-7(8(2)12)11-9(13)5-3-4-6-10(11)14/h7-8,12H,3-6H2,1-2H3. The van der Waals surface area contributed by atoms with E-state index >= 15 is 0 Å². The maximum absolute atomic E-state index is 11.6. The van der Waals surface area contributed by atoms with Gasteiger partial charge in [-0.2, -0.15) is 0 Å². The number of hydrogen-bond donors (Lipinski definition) is 1. The molecule has 1 aliphatic rings. The third-order valence-electron chi connectivity index (χ3n) is 2.67. The molecule has 1 heterocycles. The Morgan fingerprint density at radius 2 is 1.57 bits per heavy atom. The van der Waals surface area contributed by atoms with Gasteiger partial charge in [-0.1, -0.05) is 0 Å². The zero-order valence-electron chi connectivity index (χ0n) is 8.69. The second-order valence-electron chi connectivity index (χ2n) is 3.85. The van der Waals surface area contributed by atoms with Crippen LogP contribution >= 0.6 is 0 Å². The summed E-state index contributed by atoms with van der Waals surface area (Å²) in [5.41, 5.74) is 0. The molecule has 2 amide bonds. The lowest BCUT2D eigenvalue weighted by atomic mass is 10.1. The molecular weight excluding hydrogens is 182 g/mol. The summed E-state index contributed by atoms with van der Waals surface area (Å²) >= 11 is 0. The van der Waals surface area contributed by atoms with Crippen molar-refractivity contribution in [3.05, 3.63) is 0 Å². The number of imide groups is 1. The fourth-order valence-corrected chi connectivity index (χ4v) is 1.60. The van der Waals surface area contributed by atoms with E-state index in [0.717, 1.165) is 12.8 Å². The van der Waals surface area contributed by atoms with E-state index in [0.29, 0.717) is 12.8 Å². The molecule has 0 aromatic heterocycles. The first-order valence-electron chi connectivity index (χ1n) is 5.07. The number of rotatable bonds is 2. The number of aliphatic hydroxyl groups is 1. The lowest BCUT2D eigenvalue weighted by Crippen LogP contribution is -2.47. The first kappa shape index (κ1) is 11.2. The maximum Gasteiger partial charge on any atom is 0.229 e. The number of hydrogen-bond acceptors (Lipinski definition) is 3. The van der Waals surface area contributed by atoms with Gasteiger partial charge in [0, 0.05) is 12.8 Å². The van der Waals surface area contributed by atoms with E-state index in [1.807, 2.05) is 0 Å². The number of aliphatic hydroxyl groups excluding tert-OH is 1. The first-order chi connectivity index (χ1) is 6.54. The van der Waals surface area contributed by atoms with Crippen LogP contribution in [0.2, 0.25) is 0 Å². The molecule has 0 bridgehead atoms. The van der Waals surface area contributed by atoms with Gasteiger partial charge >= 0.3 is 0 Å². The van der Waals surface area contributed by atoms with Gasteiger partial charge in [-0.15, -0.1) is 0 Å². The normalized spacial score (nSPS) is 23.2. The average Bonchev–Trinajstić information content (AvgIpc) is 2.26. The van der Waals surface area contributed by atoms with Gasteiger partial charge < -0.3 is 5.11 Å². The van der Waals surface area contributed by atoms with Gasteiger partial charge in [-0.3, -0.25) is 14.5 Å². The van der Waals surface area contributed by atoms with Crippen molar-refractivity contribution in [1.82, 2.24) is 4.90 Å². The topological polar surface area (TPSA) is 57.6 Å². The molecule has 0 aromatic carbocycles. The molecule has 0 saturated carbocycles. The smallest absolute Gasteiger partial charge is 0.229 e. The molecule has 4 nitrogen and oxygen atoms in total. The lowest BCUT2D eigenvalue weighted by Gasteiger charge is -2.28. The molecular formula is C10H17NO3. The molecule has 4 heteroatoms. The van der Waals surface area contributed by atoms with Crippen molar-refractivity contribution in [3.63, 3.8) is 0 Å². The van der Waals surface area contributed by atoms with Crippen LogP contribution in [-0.4, -0.2) is 34.0 Å². The molecule has 2 atom stereocenters. The number of likely N-dealkylation sites (tertiary alicyclic amines) is 1. The third kappa shape index (κ3) is 2.32.